The standard InChI is InChI=1S/C22H30N2O/c1-3-4-5-6-9-18-10-7-8-11-22(18)19-14-21(16-23-15-19)25-17-20-12-13-24(20)2/h7-8,10-11,14-16,20H,3-6,9,12-13,17H2,1-2H3/t20-/m0/s1. The smallest absolute Gasteiger partial charge is 0.138 e. The molecule has 0 aliphatic carbocycles. The van der Waals surface area contributed by atoms with Gasteiger partial charge in [-0.2, -0.15) is 0 Å². The van der Waals surface area contributed by atoms with Crippen molar-refractivity contribution < 1.29 is 4.74 Å². The maximum absolute atomic E-state index is 5.99. The fourth-order valence-electron chi connectivity index (χ4n) is 3.38. The molecule has 134 valence electrons. The molecule has 0 radical (unpaired) electrons. The molecule has 0 unspecified atom stereocenters. The molecule has 0 bridgehead atoms. The minimum absolute atomic E-state index is 0.550. The summed E-state index contributed by atoms with van der Waals surface area (Å²) in [5.74, 6) is 0.874. The van der Waals surface area contributed by atoms with Gasteiger partial charge in [-0.05, 0) is 50.0 Å². The van der Waals surface area contributed by atoms with Gasteiger partial charge in [-0.3, -0.25) is 9.88 Å². The van der Waals surface area contributed by atoms with Crippen molar-refractivity contribution in [2.24, 2.45) is 0 Å². The molecule has 0 saturated carbocycles. The zero-order valence-electron chi connectivity index (χ0n) is 15.6. The van der Waals surface area contributed by atoms with Crippen LogP contribution in [0.3, 0.4) is 0 Å². The summed E-state index contributed by atoms with van der Waals surface area (Å²) < 4.78 is 5.99. The fourth-order valence-corrected chi connectivity index (χ4v) is 3.38. The molecular formula is C22H30N2O. The van der Waals surface area contributed by atoms with Crippen LogP contribution in [0.15, 0.2) is 42.7 Å². The molecule has 1 aliphatic heterocycles. The lowest BCUT2D eigenvalue weighted by atomic mass is 9.96. The molecule has 3 nitrogen and oxygen atoms in total. The highest BCUT2D eigenvalue weighted by Crippen LogP contribution is 2.28. The zero-order chi connectivity index (χ0) is 17.5. The van der Waals surface area contributed by atoms with Gasteiger partial charge in [0.2, 0.25) is 0 Å². The largest absolute Gasteiger partial charge is 0.490 e. The Morgan fingerprint density at radius 1 is 1.16 bits per heavy atom. The number of ether oxygens (including phenoxy) is 1. The summed E-state index contributed by atoms with van der Waals surface area (Å²) in [5, 5.41) is 0. The topological polar surface area (TPSA) is 25.4 Å². The molecule has 1 saturated heterocycles. The van der Waals surface area contributed by atoms with E-state index in [9.17, 15) is 0 Å². The van der Waals surface area contributed by atoms with Crippen LogP contribution in [0.25, 0.3) is 11.1 Å². The average molecular weight is 338 g/mol. The number of pyridine rings is 1. The highest BCUT2D eigenvalue weighted by molar-refractivity contribution is 5.67. The van der Waals surface area contributed by atoms with Crippen LogP contribution in [0, 0.1) is 0 Å². The van der Waals surface area contributed by atoms with Crippen molar-refractivity contribution in [2.45, 2.75) is 51.5 Å². The molecule has 3 heteroatoms. The summed E-state index contributed by atoms with van der Waals surface area (Å²) in [7, 11) is 2.15. The maximum Gasteiger partial charge on any atom is 0.138 e. The van der Waals surface area contributed by atoms with E-state index in [1.165, 1.54) is 49.8 Å². The van der Waals surface area contributed by atoms with Crippen molar-refractivity contribution in [3.05, 3.63) is 48.3 Å². The van der Waals surface area contributed by atoms with Crippen molar-refractivity contribution in [1.29, 1.82) is 0 Å². The minimum atomic E-state index is 0.550. The molecule has 0 amide bonds. The summed E-state index contributed by atoms with van der Waals surface area (Å²) in [6.07, 6.45) is 11.3. The Hall–Kier alpha value is -1.87. The highest BCUT2D eigenvalue weighted by atomic mass is 16.5. The van der Waals surface area contributed by atoms with Crippen molar-refractivity contribution in [2.75, 3.05) is 20.2 Å². The van der Waals surface area contributed by atoms with Gasteiger partial charge in [0.05, 0.1) is 6.20 Å². The van der Waals surface area contributed by atoms with Gasteiger partial charge in [0.15, 0.2) is 0 Å². The Kier molecular flexibility index (Phi) is 6.46. The predicted octanol–water partition coefficient (Wildman–Crippen LogP) is 4.95. The monoisotopic (exact) mass is 338 g/mol. The van der Waals surface area contributed by atoms with E-state index in [2.05, 4.69) is 54.2 Å². The fraction of sp³-hybridized carbons (Fsp3) is 0.500. The first-order valence-electron chi connectivity index (χ1n) is 9.64. The lowest BCUT2D eigenvalue weighted by Gasteiger charge is -2.37. The summed E-state index contributed by atoms with van der Waals surface area (Å²) >= 11 is 0. The number of rotatable bonds is 9. The van der Waals surface area contributed by atoms with Gasteiger partial charge in [0.1, 0.15) is 12.4 Å². The summed E-state index contributed by atoms with van der Waals surface area (Å²) in [6.45, 7) is 4.19. The number of aryl methyl sites for hydroxylation is 1. The number of aromatic nitrogens is 1. The molecule has 1 aromatic heterocycles. The lowest BCUT2D eigenvalue weighted by Crippen LogP contribution is -2.48. The first-order chi connectivity index (χ1) is 12.3. The Morgan fingerprint density at radius 2 is 2.04 bits per heavy atom. The van der Waals surface area contributed by atoms with E-state index in [0.29, 0.717) is 6.04 Å². The molecule has 1 aliphatic rings. The van der Waals surface area contributed by atoms with Gasteiger partial charge in [-0.25, -0.2) is 0 Å². The quantitative estimate of drug-likeness (QED) is 0.605. The molecule has 0 N–H and O–H groups in total. The third kappa shape index (κ3) is 4.82. The second kappa shape index (κ2) is 9.00. The summed E-state index contributed by atoms with van der Waals surface area (Å²) in [5.41, 5.74) is 3.86. The van der Waals surface area contributed by atoms with Crippen LogP contribution in [-0.2, 0) is 6.42 Å². The Labute approximate surface area is 152 Å². The van der Waals surface area contributed by atoms with Crippen molar-refractivity contribution in [3.8, 4) is 16.9 Å². The Balaban J connectivity index is 1.67. The number of hydrogen-bond donors (Lipinski definition) is 0. The summed E-state index contributed by atoms with van der Waals surface area (Å²) in [4.78, 5) is 6.75. The van der Waals surface area contributed by atoms with Gasteiger partial charge < -0.3 is 4.74 Å². The van der Waals surface area contributed by atoms with Crippen molar-refractivity contribution in [3.63, 3.8) is 0 Å². The number of unbranched alkanes of at least 4 members (excludes halogenated alkanes) is 3. The molecule has 3 rings (SSSR count). The van der Waals surface area contributed by atoms with E-state index >= 15 is 0 Å². The number of hydrogen-bond acceptors (Lipinski definition) is 3. The van der Waals surface area contributed by atoms with Gasteiger partial charge in [0.25, 0.3) is 0 Å². The van der Waals surface area contributed by atoms with Gasteiger partial charge in [0, 0.05) is 17.8 Å². The highest BCUT2D eigenvalue weighted by Gasteiger charge is 2.24. The molecule has 25 heavy (non-hydrogen) atoms. The summed E-state index contributed by atoms with van der Waals surface area (Å²) in [6, 6.07) is 11.4. The average Bonchev–Trinajstić information content (AvgIpc) is 2.65. The van der Waals surface area contributed by atoms with E-state index in [-0.39, 0.29) is 0 Å². The third-order valence-electron chi connectivity index (χ3n) is 5.22. The minimum Gasteiger partial charge on any atom is -0.490 e. The second-order valence-electron chi connectivity index (χ2n) is 7.11. The molecule has 2 heterocycles. The number of likely N-dealkylation sites (tertiary alicyclic amines) is 1. The van der Waals surface area contributed by atoms with Gasteiger partial charge in [-0.15, -0.1) is 0 Å². The third-order valence-corrected chi connectivity index (χ3v) is 5.22. The maximum atomic E-state index is 5.99. The van der Waals surface area contributed by atoms with Crippen LogP contribution in [0.2, 0.25) is 0 Å². The first-order valence-corrected chi connectivity index (χ1v) is 9.64. The van der Waals surface area contributed by atoms with Gasteiger partial charge >= 0.3 is 0 Å². The van der Waals surface area contributed by atoms with Crippen LogP contribution >= 0.6 is 0 Å². The Morgan fingerprint density at radius 3 is 2.80 bits per heavy atom. The number of benzene rings is 1. The zero-order valence-corrected chi connectivity index (χ0v) is 15.6. The van der Waals surface area contributed by atoms with Crippen LogP contribution < -0.4 is 4.74 Å². The van der Waals surface area contributed by atoms with Crippen LogP contribution in [0.1, 0.15) is 44.6 Å². The molecule has 1 atom stereocenters. The SMILES string of the molecule is CCCCCCc1ccccc1-c1cncc(OC[C@@H]2CCN2C)c1. The van der Waals surface area contributed by atoms with E-state index in [1.807, 2.05) is 12.4 Å². The van der Waals surface area contributed by atoms with Gasteiger partial charge in [-0.1, -0.05) is 50.5 Å². The van der Waals surface area contributed by atoms with E-state index in [1.54, 1.807) is 0 Å². The predicted molar refractivity (Wildman–Crippen MR) is 104 cm³/mol. The van der Waals surface area contributed by atoms with Crippen molar-refractivity contribution >= 4 is 0 Å². The molecule has 1 fully saturated rings. The normalized spacial score (nSPS) is 17.3. The first kappa shape index (κ1) is 17.9. The second-order valence-corrected chi connectivity index (χ2v) is 7.11. The van der Waals surface area contributed by atoms with Crippen LogP contribution in [0.4, 0.5) is 0 Å². The molecule has 0 spiro atoms. The molecule has 1 aromatic carbocycles. The number of likely N-dealkylation sites (N-methyl/N-ethyl adjacent to an activating group) is 1. The number of nitrogens with zero attached hydrogens (tertiary/aromatic N) is 2. The van der Waals surface area contributed by atoms with E-state index in [0.717, 1.165) is 24.3 Å². The lowest BCUT2D eigenvalue weighted by molar-refractivity contribution is 0.0768. The van der Waals surface area contributed by atoms with Crippen LogP contribution in [0.5, 0.6) is 5.75 Å². The Bertz CT molecular complexity index is 671. The van der Waals surface area contributed by atoms with Crippen LogP contribution in [-0.4, -0.2) is 36.1 Å². The molecular weight excluding hydrogens is 308 g/mol. The van der Waals surface area contributed by atoms with Crippen molar-refractivity contribution in [1.82, 2.24) is 9.88 Å². The van der Waals surface area contributed by atoms with E-state index < -0.39 is 0 Å². The van der Waals surface area contributed by atoms with E-state index in [4.69, 9.17) is 4.74 Å². The molecule has 2 aromatic rings.